The van der Waals surface area contributed by atoms with Gasteiger partial charge in [0.15, 0.2) is 0 Å². The molecule has 0 saturated carbocycles. The first-order chi connectivity index (χ1) is 15.3. The zero-order valence-electron chi connectivity index (χ0n) is 19.8. The van der Waals surface area contributed by atoms with E-state index in [-0.39, 0.29) is 41.1 Å². The van der Waals surface area contributed by atoms with Crippen molar-refractivity contribution in [3.8, 4) is 0 Å². The van der Waals surface area contributed by atoms with Gasteiger partial charge < -0.3 is 26.0 Å². The number of rotatable bonds is 7. The maximum Gasteiger partial charge on any atom is 0.229 e. The Balaban J connectivity index is 1.41. The summed E-state index contributed by atoms with van der Waals surface area (Å²) < 4.78 is 6.52. The summed E-state index contributed by atoms with van der Waals surface area (Å²) in [7, 11) is 2.17. The average Bonchev–Trinajstić information content (AvgIpc) is 3.29. The molecule has 0 aromatic heterocycles. The molecule has 8 atom stereocenters. The van der Waals surface area contributed by atoms with Gasteiger partial charge in [0.2, 0.25) is 5.91 Å². The predicted octanol–water partition coefficient (Wildman–Crippen LogP) is -0.239. The van der Waals surface area contributed by atoms with Crippen molar-refractivity contribution in [3.63, 3.8) is 0 Å². The highest BCUT2D eigenvalue weighted by Gasteiger charge is 2.48. The van der Waals surface area contributed by atoms with Crippen LogP contribution in [0.1, 0.15) is 46.0 Å². The van der Waals surface area contributed by atoms with E-state index in [1.165, 1.54) is 12.8 Å². The van der Waals surface area contributed by atoms with Gasteiger partial charge in [-0.3, -0.25) is 10.1 Å². The van der Waals surface area contributed by atoms with Gasteiger partial charge in [0, 0.05) is 31.2 Å². The molecule has 6 N–H and O–H groups in total. The van der Waals surface area contributed by atoms with Gasteiger partial charge in [0.25, 0.3) is 0 Å². The van der Waals surface area contributed by atoms with Gasteiger partial charge in [0.1, 0.15) is 0 Å². The highest BCUT2D eigenvalue weighted by Crippen LogP contribution is 2.28. The van der Waals surface area contributed by atoms with Crippen LogP contribution in [-0.4, -0.2) is 97.1 Å². The second kappa shape index (κ2) is 10.4. The number of fused-ring (bicyclic) bond motifs is 1. The van der Waals surface area contributed by atoms with Crippen molar-refractivity contribution >= 4 is 17.5 Å². The number of amides is 1. The first-order valence-corrected chi connectivity index (χ1v) is 12.8. The van der Waals surface area contributed by atoms with E-state index in [1.807, 2.05) is 5.01 Å². The molecule has 0 radical (unpaired) electrons. The van der Waals surface area contributed by atoms with E-state index >= 15 is 0 Å². The standard InChI is InChI=1S/C22H42ClN7O2/c1-4-7-22(2)9-17(32-13-15-6-5-8-29(15)3)16(11-26-22)27-21(31)18-19(24)28-30-12-14(23)10-25-20(18)30/h14-20,25-26,28H,4-13,24H2,1-3H3,(H,27,31)/t14?,15-,16?,17?,18?,19?,20?,22?/m0/s1. The summed E-state index contributed by atoms with van der Waals surface area (Å²) in [4.78, 5) is 15.8. The van der Waals surface area contributed by atoms with E-state index < -0.39 is 6.17 Å². The number of hydrogen-bond donors (Lipinski definition) is 5. The van der Waals surface area contributed by atoms with Crippen LogP contribution >= 0.6 is 11.6 Å². The van der Waals surface area contributed by atoms with Gasteiger partial charge in [0.05, 0.1) is 42.4 Å². The molecule has 10 heteroatoms. The van der Waals surface area contributed by atoms with Gasteiger partial charge in [-0.2, -0.15) is 0 Å². The third kappa shape index (κ3) is 5.41. The molecule has 0 aromatic carbocycles. The fourth-order valence-corrected chi connectivity index (χ4v) is 6.13. The Hall–Kier alpha value is -0.520. The Morgan fingerprint density at radius 3 is 2.91 bits per heavy atom. The Morgan fingerprint density at radius 2 is 2.19 bits per heavy atom. The number of hydrogen-bond acceptors (Lipinski definition) is 8. The molecule has 0 aromatic rings. The molecule has 4 saturated heterocycles. The number of nitrogens with one attached hydrogen (secondary N) is 4. The quantitative estimate of drug-likeness (QED) is 0.324. The summed E-state index contributed by atoms with van der Waals surface area (Å²) in [5, 5.41) is 12.3. The molecule has 9 nitrogen and oxygen atoms in total. The number of likely N-dealkylation sites (tertiary alicyclic amines) is 1. The van der Waals surface area contributed by atoms with Crippen LogP contribution in [0.5, 0.6) is 0 Å². The zero-order valence-corrected chi connectivity index (χ0v) is 20.5. The lowest BCUT2D eigenvalue weighted by Crippen LogP contribution is -2.64. The van der Waals surface area contributed by atoms with E-state index in [9.17, 15) is 4.79 Å². The number of hydrazine groups is 1. The van der Waals surface area contributed by atoms with Gasteiger partial charge in [-0.25, -0.2) is 10.4 Å². The molecule has 4 aliphatic rings. The number of piperidine rings is 1. The molecule has 0 aliphatic carbocycles. The van der Waals surface area contributed by atoms with E-state index in [2.05, 4.69) is 47.2 Å². The molecule has 4 aliphatic heterocycles. The van der Waals surface area contributed by atoms with Gasteiger partial charge in [-0.15, -0.1) is 11.6 Å². The Bertz CT molecular complexity index is 658. The third-order valence-electron chi connectivity index (χ3n) is 7.78. The average molecular weight is 472 g/mol. The first kappa shape index (κ1) is 24.6. The molecule has 0 spiro atoms. The number of halogens is 1. The number of ether oxygens (including phenoxy) is 1. The molecule has 32 heavy (non-hydrogen) atoms. The van der Waals surface area contributed by atoms with E-state index in [1.54, 1.807) is 0 Å². The first-order valence-electron chi connectivity index (χ1n) is 12.3. The fraction of sp³-hybridized carbons (Fsp3) is 0.955. The summed E-state index contributed by atoms with van der Waals surface area (Å²) in [5.41, 5.74) is 9.56. The van der Waals surface area contributed by atoms with Crippen LogP contribution < -0.4 is 27.1 Å². The minimum Gasteiger partial charge on any atom is -0.374 e. The van der Waals surface area contributed by atoms with Crippen molar-refractivity contribution in [2.45, 2.75) is 87.4 Å². The van der Waals surface area contributed by atoms with Crippen LogP contribution in [0.15, 0.2) is 0 Å². The molecule has 0 bridgehead atoms. The lowest BCUT2D eigenvalue weighted by Gasteiger charge is -2.44. The van der Waals surface area contributed by atoms with Gasteiger partial charge in [-0.05, 0) is 46.2 Å². The maximum absolute atomic E-state index is 13.4. The van der Waals surface area contributed by atoms with Crippen molar-refractivity contribution in [2.75, 3.05) is 39.8 Å². The minimum atomic E-state index is -0.442. The number of nitrogens with zero attached hydrogens (tertiary/aromatic N) is 2. The van der Waals surface area contributed by atoms with E-state index in [0.717, 1.165) is 32.4 Å². The Labute approximate surface area is 197 Å². The molecule has 4 heterocycles. The summed E-state index contributed by atoms with van der Waals surface area (Å²) in [6.07, 6.45) is 4.90. The van der Waals surface area contributed by atoms with E-state index in [0.29, 0.717) is 25.7 Å². The van der Waals surface area contributed by atoms with Crippen molar-refractivity contribution < 1.29 is 9.53 Å². The number of alkyl halides is 1. The van der Waals surface area contributed by atoms with Crippen LogP contribution in [0.25, 0.3) is 0 Å². The molecular formula is C22H42ClN7O2. The number of nitrogens with two attached hydrogens (primary N) is 1. The lowest BCUT2D eigenvalue weighted by atomic mass is 9.83. The highest BCUT2D eigenvalue weighted by atomic mass is 35.5. The predicted molar refractivity (Wildman–Crippen MR) is 126 cm³/mol. The molecule has 7 unspecified atom stereocenters. The van der Waals surface area contributed by atoms with E-state index in [4.69, 9.17) is 22.1 Å². The second-order valence-electron chi connectivity index (χ2n) is 10.4. The van der Waals surface area contributed by atoms with Crippen LogP contribution in [-0.2, 0) is 9.53 Å². The lowest BCUT2D eigenvalue weighted by molar-refractivity contribution is -0.129. The molecule has 4 rings (SSSR count). The smallest absolute Gasteiger partial charge is 0.229 e. The molecule has 4 fully saturated rings. The zero-order chi connectivity index (χ0) is 22.9. The highest BCUT2D eigenvalue weighted by molar-refractivity contribution is 6.21. The number of carbonyl (C=O) groups excluding carboxylic acids is 1. The van der Waals surface area contributed by atoms with Crippen molar-refractivity contribution in [1.29, 1.82) is 0 Å². The molecule has 184 valence electrons. The van der Waals surface area contributed by atoms with Crippen LogP contribution in [0, 0.1) is 5.92 Å². The summed E-state index contributed by atoms with van der Waals surface area (Å²) in [5.74, 6) is -0.416. The monoisotopic (exact) mass is 471 g/mol. The topological polar surface area (TPSA) is 107 Å². The summed E-state index contributed by atoms with van der Waals surface area (Å²) >= 11 is 6.27. The van der Waals surface area contributed by atoms with Crippen LogP contribution in [0.4, 0.5) is 0 Å². The molecular weight excluding hydrogens is 430 g/mol. The largest absolute Gasteiger partial charge is 0.374 e. The SMILES string of the molecule is CCCC1(C)CC(OC[C@@H]2CCCN2C)C(NC(=O)C2C(N)NN3CC(Cl)CNC23)CN1. The van der Waals surface area contributed by atoms with Crippen molar-refractivity contribution in [2.24, 2.45) is 11.7 Å². The van der Waals surface area contributed by atoms with Gasteiger partial charge >= 0.3 is 0 Å². The number of likely N-dealkylation sites (N-methyl/N-ethyl adjacent to an activating group) is 1. The third-order valence-corrected chi connectivity index (χ3v) is 8.07. The van der Waals surface area contributed by atoms with Crippen LogP contribution in [0.2, 0.25) is 0 Å². The Morgan fingerprint density at radius 1 is 1.38 bits per heavy atom. The second-order valence-corrected chi connectivity index (χ2v) is 11.1. The minimum absolute atomic E-state index is 0.00181. The molecule has 1 amide bonds. The van der Waals surface area contributed by atoms with Crippen LogP contribution in [0.3, 0.4) is 0 Å². The van der Waals surface area contributed by atoms with Crippen molar-refractivity contribution in [3.05, 3.63) is 0 Å². The fourth-order valence-electron chi connectivity index (χ4n) is 5.89. The number of carbonyl (C=O) groups is 1. The summed E-state index contributed by atoms with van der Waals surface area (Å²) in [6, 6.07) is 0.388. The Kier molecular flexibility index (Phi) is 7.99. The van der Waals surface area contributed by atoms with Crippen molar-refractivity contribution in [1.82, 2.24) is 31.3 Å². The van der Waals surface area contributed by atoms with Gasteiger partial charge in [-0.1, -0.05) is 13.3 Å². The maximum atomic E-state index is 13.4. The summed E-state index contributed by atoms with van der Waals surface area (Å²) in [6.45, 7) is 8.38. The normalized spacial score (nSPS) is 43.3.